The number of para-hydroxylation sites is 1. The molecule has 0 amide bonds. The van der Waals surface area contributed by atoms with Crippen molar-refractivity contribution < 1.29 is 9.53 Å². The number of carbonyl (C=O) groups excluding carboxylic acids is 1. The highest BCUT2D eigenvalue weighted by molar-refractivity contribution is 5.80. The van der Waals surface area contributed by atoms with E-state index in [0.717, 1.165) is 64.6 Å². The van der Waals surface area contributed by atoms with Crippen LogP contribution in [0.3, 0.4) is 0 Å². The third-order valence-corrected chi connectivity index (χ3v) is 6.16. The molecule has 0 bridgehead atoms. The number of anilines is 1. The number of hydrogen-bond donors (Lipinski definition) is 1. The lowest BCUT2D eigenvalue weighted by atomic mass is 9.97. The van der Waals surface area contributed by atoms with Gasteiger partial charge in [-0.25, -0.2) is 0 Å². The highest BCUT2D eigenvalue weighted by atomic mass is 16.5. The predicted molar refractivity (Wildman–Crippen MR) is 117 cm³/mol. The summed E-state index contributed by atoms with van der Waals surface area (Å²) >= 11 is 0. The lowest BCUT2D eigenvalue weighted by molar-refractivity contribution is -0.146. The molecule has 1 N–H and O–H groups in total. The van der Waals surface area contributed by atoms with E-state index in [2.05, 4.69) is 62.3 Å². The molecule has 0 saturated carbocycles. The Morgan fingerprint density at radius 3 is 2.38 bits per heavy atom. The minimum atomic E-state index is -0.0872. The van der Waals surface area contributed by atoms with Crippen molar-refractivity contribution in [3.63, 3.8) is 0 Å². The second kappa shape index (κ2) is 10.5. The summed E-state index contributed by atoms with van der Waals surface area (Å²) in [6, 6.07) is 11.1. The molecular weight excluding hydrogens is 366 g/mol. The van der Waals surface area contributed by atoms with E-state index in [4.69, 9.17) is 4.74 Å². The summed E-state index contributed by atoms with van der Waals surface area (Å²) in [5.74, 6) is 0.869. The number of nitrogens with zero attached hydrogens (tertiary/aromatic N) is 4. The minimum absolute atomic E-state index is 0.0224. The van der Waals surface area contributed by atoms with Gasteiger partial charge >= 0.3 is 5.97 Å². The first kappa shape index (κ1) is 21.4. The lowest BCUT2D eigenvalue weighted by Gasteiger charge is -2.40. The van der Waals surface area contributed by atoms with Gasteiger partial charge in [-0.15, -0.1) is 0 Å². The van der Waals surface area contributed by atoms with Crippen molar-refractivity contribution in [2.75, 3.05) is 64.9 Å². The molecule has 1 aromatic carbocycles. The summed E-state index contributed by atoms with van der Waals surface area (Å²) in [6.45, 7) is 9.08. The van der Waals surface area contributed by atoms with E-state index >= 15 is 0 Å². The fourth-order valence-electron chi connectivity index (χ4n) is 4.25. The van der Waals surface area contributed by atoms with Crippen LogP contribution in [0.2, 0.25) is 0 Å². The summed E-state index contributed by atoms with van der Waals surface area (Å²) in [5.41, 5.74) is 1.31. The van der Waals surface area contributed by atoms with E-state index in [1.165, 1.54) is 12.8 Å². The van der Waals surface area contributed by atoms with E-state index in [1.807, 2.05) is 7.05 Å². The number of ether oxygens (including phenoxy) is 1. The van der Waals surface area contributed by atoms with Gasteiger partial charge in [0.15, 0.2) is 5.96 Å². The van der Waals surface area contributed by atoms with Crippen LogP contribution in [0.15, 0.2) is 35.3 Å². The SMILES string of the molecule is CN=C(NCC(C)N1CCN(c2ccccc2)CC1)N1CCC(C(=O)OC)CC1. The zero-order valence-corrected chi connectivity index (χ0v) is 18.0. The lowest BCUT2D eigenvalue weighted by Crippen LogP contribution is -2.54. The Bertz CT molecular complexity index is 665. The third-order valence-electron chi connectivity index (χ3n) is 6.16. The molecule has 160 valence electrons. The number of likely N-dealkylation sites (tertiary alicyclic amines) is 1. The number of carbonyl (C=O) groups is 1. The molecular formula is C22H35N5O2. The summed E-state index contributed by atoms with van der Waals surface area (Å²) in [4.78, 5) is 23.4. The van der Waals surface area contributed by atoms with Crippen molar-refractivity contribution in [1.29, 1.82) is 0 Å². The standard InChI is InChI=1S/C22H35N5O2/c1-18(25-13-15-26(16-14-25)20-7-5-4-6-8-20)17-24-22(23-2)27-11-9-19(10-12-27)21(28)29-3/h4-8,18-19H,9-17H2,1-3H3,(H,23,24). The molecule has 7 nitrogen and oxygen atoms in total. The Balaban J connectivity index is 1.42. The van der Waals surface area contributed by atoms with Gasteiger partial charge in [-0.05, 0) is 31.9 Å². The molecule has 2 heterocycles. The molecule has 7 heteroatoms. The number of esters is 1. The van der Waals surface area contributed by atoms with Gasteiger partial charge in [0.05, 0.1) is 13.0 Å². The number of piperidine rings is 1. The van der Waals surface area contributed by atoms with Crippen LogP contribution >= 0.6 is 0 Å². The zero-order valence-electron chi connectivity index (χ0n) is 18.0. The van der Waals surface area contributed by atoms with Crippen LogP contribution in [0.25, 0.3) is 0 Å². The maximum absolute atomic E-state index is 11.7. The van der Waals surface area contributed by atoms with E-state index < -0.39 is 0 Å². The van der Waals surface area contributed by atoms with E-state index in [1.54, 1.807) is 0 Å². The van der Waals surface area contributed by atoms with Crippen molar-refractivity contribution in [1.82, 2.24) is 15.1 Å². The van der Waals surface area contributed by atoms with Crippen LogP contribution in [0.4, 0.5) is 5.69 Å². The van der Waals surface area contributed by atoms with E-state index in [0.29, 0.717) is 6.04 Å². The quantitative estimate of drug-likeness (QED) is 0.460. The molecule has 1 aromatic rings. The number of hydrogen-bond acceptors (Lipinski definition) is 5. The van der Waals surface area contributed by atoms with Crippen LogP contribution in [-0.4, -0.2) is 87.7 Å². The molecule has 2 aliphatic heterocycles. The highest BCUT2D eigenvalue weighted by Gasteiger charge is 2.27. The summed E-state index contributed by atoms with van der Waals surface area (Å²) in [5, 5.41) is 3.54. The first-order valence-electron chi connectivity index (χ1n) is 10.7. The zero-order chi connectivity index (χ0) is 20.6. The van der Waals surface area contributed by atoms with Gasteiger partial charge in [0.1, 0.15) is 0 Å². The number of piperazine rings is 1. The molecule has 0 radical (unpaired) electrons. The van der Waals surface area contributed by atoms with Crippen molar-refractivity contribution in [3.8, 4) is 0 Å². The smallest absolute Gasteiger partial charge is 0.308 e. The van der Waals surface area contributed by atoms with Gasteiger partial charge in [0.2, 0.25) is 0 Å². The Kier molecular flexibility index (Phi) is 7.75. The average Bonchev–Trinajstić information content (AvgIpc) is 2.80. The molecule has 3 rings (SSSR count). The summed E-state index contributed by atoms with van der Waals surface area (Å²) in [6.07, 6.45) is 1.65. The number of methoxy groups -OCH3 is 1. The molecule has 0 aromatic heterocycles. The van der Waals surface area contributed by atoms with Crippen LogP contribution < -0.4 is 10.2 Å². The van der Waals surface area contributed by atoms with Crippen LogP contribution in [-0.2, 0) is 9.53 Å². The fourth-order valence-corrected chi connectivity index (χ4v) is 4.25. The molecule has 0 aliphatic carbocycles. The van der Waals surface area contributed by atoms with Gasteiger partial charge in [0.25, 0.3) is 0 Å². The van der Waals surface area contributed by atoms with Gasteiger partial charge in [-0.1, -0.05) is 18.2 Å². The normalized spacial score (nSPS) is 20.4. The molecule has 2 saturated heterocycles. The van der Waals surface area contributed by atoms with Crippen LogP contribution in [0.1, 0.15) is 19.8 Å². The molecule has 1 unspecified atom stereocenters. The molecule has 1 atom stereocenters. The number of nitrogens with one attached hydrogen (secondary N) is 1. The minimum Gasteiger partial charge on any atom is -0.469 e. The highest BCUT2D eigenvalue weighted by Crippen LogP contribution is 2.19. The van der Waals surface area contributed by atoms with Crippen molar-refractivity contribution in [2.45, 2.75) is 25.8 Å². The van der Waals surface area contributed by atoms with Crippen LogP contribution in [0, 0.1) is 5.92 Å². The number of rotatable bonds is 5. The van der Waals surface area contributed by atoms with Gasteiger partial charge in [-0.3, -0.25) is 14.7 Å². The Labute approximate surface area is 174 Å². The van der Waals surface area contributed by atoms with Crippen LogP contribution in [0.5, 0.6) is 0 Å². The summed E-state index contributed by atoms with van der Waals surface area (Å²) in [7, 11) is 3.30. The van der Waals surface area contributed by atoms with Gasteiger partial charge in [0, 0.05) is 64.6 Å². The van der Waals surface area contributed by atoms with Gasteiger partial charge < -0.3 is 19.9 Å². The van der Waals surface area contributed by atoms with E-state index in [-0.39, 0.29) is 11.9 Å². The maximum Gasteiger partial charge on any atom is 0.308 e. The monoisotopic (exact) mass is 401 g/mol. The number of aliphatic imine (C=N–C) groups is 1. The van der Waals surface area contributed by atoms with Crippen molar-refractivity contribution in [3.05, 3.63) is 30.3 Å². The van der Waals surface area contributed by atoms with Gasteiger partial charge in [-0.2, -0.15) is 0 Å². The second-order valence-electron chi connectivity index (χ2n) is 7.92. The Morgan fingerprint density at radius 1 is 1.14 bits per heavy atom. The first-order chi connectivity index (χ1) is 14.1. The van der Waals surface area contributed by atoms with E-state index in [9.17, 15) is 4.79 Å². The Morgan fingerprint density at radius 2 is 1.79 bits per heavy atom. The molecule has 0 spiro atoms. The second-order valence-corrected chi connectivity index (χ2v) is 7.92. The average molecular weight is 402 g/mol. The number of guanidine groups is 1. The number of benzene rings is 1. The maximum atomic E-state index is 11.7. The van der Waals surface area contributed by atoms with Crippen molar-refractivity contribution in [2.24, 2.45) is 10.9 Å². The fraction of sp³-hybridized carbons (Fsp3) is 0.636. The largest absolute Gasteiger partial charge is 0.469 e. The predicted octanol–water partition coefficient (Wildman–Crippen LogP) is 1.66. The topological polar surface area (TPSA) is 60.4 Å². The van der Waals surface area contributed by atoms with Crippen molar-refractivity contribution >= 4 is 17.6 Å². The summed E-state index contributed by atoms with van der Waals surface area (Å²) < 4.78 is 4.88. The molecule has 29 heavy (non-hydrogen) atoms. The third kappa shape index (κ3) is 5.63. The first-order valence-corrected chi connectivity index (χ1v) is 10.7. The Hall–Kier alpha value is -2.28. The molecule has 2 aliphatic rings. The molecule has 2 fully saturated rings.